The first-order valence-electron chi connectivity index (χ1n) is 8.02. The van der Waals surface area contributed by atoms with Crippen molar-refractivity contribution in [1.29, 1.82) is 0 Å². The lowest BCUT2D eigenvalue weighted by Crippen LogP contribution is -2.41. The van der Waals surface area contributed by atoms with Gasteiger partial charge in [-0.1, -0.05) is 6.85 Å². The van der Waals surface area contributed by atoms with Crippen LogP contribution in [0, 0.1) is 0 Å². The van der Waals surface area contributed by atoms with Crippen molar-refractivity contribution in [2.75, 3.05) is 0 Å². The molecule has 0 unspecified atom stereocenters. The standard InChI is InChI=1S/C11H18BNO2S/c1-6-9-13-7-8(16-9)12-14-10(2,3)11(4,5)15-12/h7H,6H2,1-5H3/i1D3,6D2,7D. The van der Waals surface area contributed by atoms with Crippen LogP contribution < -0.4 is 4.78 Å². The highest BCUT2D eigenvalue weighted by Gasteiger charge is 2.52. The van der Waals surface area contributed by atoms with Gasteiger partial charge in [0.15, 0.2) is 0 Å². The van der Waals surface area contributed by atoms with Gasteiger partial charge in [0.05, 0.1) is 22.4 Å². The fraction of sp³-hybridized carbons (Fsp3) is 0.727. The number of thiazole rings is 1. The maximum absolute atomic E-state index is 7.89. The van der Waals surface area contributed by atoms with Crippen LogP contribution in [0.4, 0.5) is 0 Å². The molecule has 16 heavy (non-hydrogen) atoms. The summed E-state index contributed by atoms with van der Waals surface area (Å²) in [7, 11) is -0.851. The van der Waals surface area contributed by atoms with Gasteiger partial charge in [-0.3, -0.25) is 4.98 Å². The summed E-state index contributed by atoms with van der Waals surface area (Å²) in [5.74, 6) is 0. The lowest BCUT2D eigenvalue weighted by molar-refractivity contribution is 0.00578. The van der Waals surface area contributed by atoms with Crippen molar-refractivity contribution in [3.63, 3.8) is 0 Å². The first-order valence-corrected chi connectivity index (χ1v) is 5.84. The van der Waals surface area contributed by atoms with Crippen LogP contribution in [0.5, 0.6) is 0 Å². The molecule has 1 aliphatic heterocycles. The van der Waals surface area contributed by atoms with Gasteiger partial charge in [-0.15, -0.1) is 11.3 Å². The summed E-state index contributed by atoms with van der Waals surface area (Å²) in [5, 5.41) is -0.262. The minimum atomic E-state index is -2.86. The lowest BCUT2D eigenvalue weighted by atomic mass is 9.89. The average Bonchev–Trinajstić information content (AvgIpc) is 2.76. The van der Waals surface area contributed by atoms with Crippen molar-refractivity contribution in [1.82, 2.24) is 4.98 Å². The third-order valence-electron chi connectivity index (χ3n) is 3.05. The SMILES string of the molecule is [2H]c1nc(C([2H])([2H])C([2H])([2H])[2H])sc1B1OC(C)(C)C(C)(C)O1. The summed E-state index contributed by atoms with van der Waals surface area (Å²) >= 11 is 0.808. The summed E-state index contributed by atoms with van der Waals surface area (Å²) in [6.45, 7) is 4.59. The Morgan fingerprint density at radius 2 is 2.12 bits per heavy atom. The Hall–Kier alpha value is -0.385. The van der Waals surface area contributed by atoms with Gasteiger partial charge in [0.25, 0.3) is 0 Å². The Morgan fingerprint density at radius 3 is 2.69 bits per heavy atom. The van der Waals surface area contributed by atoms with Crippen LogP contribution in [-0.2, 0) is 15.7 Å². The molecule has 1 fully saturated rings. The van der Waals surface area contributed by atoms with E-state index in [2.05, 4.69) is 4.98 Å². The molecule has 0 atom stereocenters. The van der Waals surface area contributed by atoms with E-state index in [1.54, 1.807) is 0 Å². The highest BCUT2D eigenvalue weighted by Crippen LogP contribution is 2.36. The molecule has 5 heteroatoms. The largest absolute Gasteiger partial charge is 0.507 e. The molecule has 0 saturated carbocycles. The number of aromatic nitrogens is 1. The smallest absolute Gasteiger partial charge is 0.399 e. The second kappa shape index (κ2) is 3.82. The van der Waals surface area contributed by atoms with E-state index in [1.807, 2.05) is 27.7 Å². The Labute approximate surface area is 110 Å². The van der Waals surface area contributed by atoms with E-state index in [4.69, 9.17) is 17.5 Å². The summed E-state index contributed by atoms with van der Waals surface area (Å²) in [5.41, 5.74) is -1.20. The molecule has 0 aromatic carbocycles. The van der Waals surface area contributed by atoms with Gasteiger partial charge >= 0.3 is 7.12 Å². The van der Waals surface area contributed by atoms with E-state index < -0.39 is 31.5 Å². The van der Waals surface area contributed by atoms with Crippen molar-refractivity contribution in [2.45, 2.75) is 52.1 Å². The van der Waals surface area contributed by atoms with Crippen LogP contribution in [0.15, 0.2) is 6.17 Å². The van der Waals surface area contributed by atoms with Gasteiger partial charge in [-0.25, -0.2) is 0 Å². The minimum absolute atomic E-state index is 0.216. The molecule has 1 aromatic rings. The van der Waals surface area contributed by atoms with Crippen LogP contribution >= 0.6 is 11.3 Å². The Kier molecular flexibility index (Phi) is 1.56. The van der Waals surface area contributed by atoms with E-state index in [9.17, 15) is 0 Å². The molecule has 0 N–H and O–H groups in total. The van der Waals surface area contributed by atoms with Crippen molar-refractivity contribution in [3.05, 3.63) is 11.2 Å². The maximum Gasteiger partial charge on any atom is 0.507 e. The summed E-state index contributed by atoms with van der Waals surface area (Å²) in [4.78, 5) is 3.78. The van der Waals surface area contributed by atoms with E-state index >= 15 is 0 Å². The third kappa shape index (κ3) is 1.92. The van der Waals surface area contributed by atoms with Crippen molar-refractivity contribution >= 4 is 23.2 Å². The molecule has 0 bridgehead atoms. The molecular formula is C11H18BNO2S. The predicted octanol–water partition coefficient (Wildman–Crippen LogP) is 2.00. The minimum Gasteiger partial charge on any atom is -0.399 e. The molecule has 88 valence electrons. The van der Waals surface area contributed by atoms with E-state index in [1.165, 1.54) is 0 Å². The average molecular weight is 245 g/mol. The summed E-state index contributed by atoms with van der Waals surface area (Å²) in [6.07, 6.45) is -2.83. The second-order valence-corrected chi connectivity index (χ2v) is 5.74. The highest BCUT2D eigenvalue weighted by molar-refractivity contribution is 7.22. The van der Waals surface area contributed by atoms with E-state index in [0.29, 0.717) is 0 Å². The van der Waals surface area contributed by atoms with Crippen LogP contribution in [0.2, 0.25) is 0 Å². The molecule has 3 nitrogen and oxygen atoms in total. The molecule has 0 amide bonds. The topological polar surface area (TPSA) is 31.4 Å². The highest BCUT2D eigenvalue weighted by atomic mass is 32.1. The van der Waals surface area contributed by atoms with Crippen molar-refractivity contribution in [3.8, 4) is 0 Å². The second-order valence-electron chi connectivity index (χ2n) is 4.71. The fourth-order valence-electron chi connectivity index (χ4n) is 1.36. The van der Waals surface area contributed by atoms with Gasteiger partial charge in [-0.2, -0.15) is 0 Å². The first kappa shape index (κ1) is 6.52. The van der Waals surface area contributed by atoms with Gasteiger partial charge < -0.3 is 9.31 Å². The van der Waals surface area contributed by atoms with Gasteiger partial charge in [-0.05, 0) is 34.1 Å². The first-order chi connectivity index (χ1) is 9.69. The number of nitrogens with zero attached hydrogens (tertiary/aromatic N) is 1. The Morgan fingerprint density at radius 1 is 1.50 bits per heavy atom. The summed E-state index contributed by atoms with van der Waals surface area (Å²) < 4.78 is 57.1. The molecule has 0 aliphatic carbocycles. The maximum atomic E-state index is 7.89. The number of hydrogen-bond acceptors (Lipinski definition) is 4. The number of aryl methyl sites for hydroxylation is 1. The zero-order chi connectivity index (χ0) is 17.1. The molecule has 0 radical (unpaired) electrons. The zero-order valence-electron chi connectivity index (χ0n) is 15.7. The van der Waals surface area contributed by atoms with Gasteiger partial charge in [0.2, 0.25) is 0 Å². The molecule has 1 aromatic heterocycles. The molecule has 0 spiro atoms. The third-order valence-corrected chi connectivity index (χ3v) is 3.94. The zero-order valence-corrected chi connectivity index (χ0v) is 10.6. The van der Waals surface area contributed by atoms with Crippen molar-refractivity contribution in [2.24, 2.45) is 0 Å². The normalized spacial score (nSPS) is 29.9. The van der Waals surface area contributed by atoms with Crippen LogP contribution in [-0.4, -0.2) is 23.3 Å². The number of rotatable bonds is 2. The van der Waals surface area contributed by atoms with E-state index in [0.717, 1.165) is 11.3 Å². The van der Waals surface area contributed by atoms with E-state index in [-0.39, 0.29) is 16.0 Å². The van der Waals surface area contributed by atoms with Gasteiger partial charge in [0, 0.05) is 13.0 Å². The molecular weight excluding hydrogens is 221 g/mol. The Bertz CT molecular complexity index is 570. The van der Waals surface area contributed by atoms with Crippen LogP contribution in [0.3, 0.4) is 0 Å². The van der Waals surface area contributed by atoms with Crippen LogP contribution in [0.1, 0.15) is 47.8 Å². The summed E-state index contributed by atoms with van der Waals surface area (Å²) in [6, 6.07) is 0. The van der Waals surface area contributed by atoms with Gasteiger partial charge in [0.1, 0.15) is 0 Å². The monoisotopic (exact) mass is 245 g/mol. The lowest BCUT2D eigenvalue weighted by Gasteiger charge is -2.32. The van der Waals surface area contributed by atoms with Crippen molar-refractivity contribution < 1.29 is 17.5 Å². The molecule has 1 aliphatic rings. The fourth-order valence-corrected chi connectivity index (χ4v) is 1.99. The predicted molar refractivity (Wildman–Crippen MR) is 67.2 cm³/mol. The molecule has 2 heterocycles. The number of hydrogen-bond donors (Lipinski definition) is 0. The molecule has 1 saturated heterocycles. The quantitative estimate of drug-likeness (QED) is 0.747. The molecule has 2 rings (SSSR count). The van der Waals surface area contributed by atoms with Crippen LogP contribution in [0.25, 0.3) is 0 Å². The Balaban J connectivity index is 2.37.